The molecule has 0 saturated heterocycles. The number of rotatable bonds is 9. The number of amides is 1. The average Bonchev–Trinajstić information content (AvgIpc) is 2.45. The molecule has 1 rings (SSSR count). The summed E-state index contributed by atoms with van der Waals surface area (Å²) in [5.74, 6) is 0.0272. The van der Waals surface area contributed by atoms with E-state index in [1.54, 1.807) is 0 Å². The van der Waals surface area contributed by atoms with Crippen molar-refractivity contribution < 1.29 is 9.90 Å². The van der Waals surface area contributed by atoms with E-state index in [1.165, 1.54) is 19.3 Å². The Morgan fingerprint density at radius 3 is 2.47 bits per heavy atom. The molecule has 19 heavy (non-hydrogen) atoms. The maximum atomic E-state index is 11.8. The van der Waals surface area contributed by atoms with Gasteiger partial charge in [0.2, 0.25) is 5.91 Å². The highest BCUT2D eigenvalue weighted by Gasteiger charge is 2.12. The van der Waals surface area contributed by atoms with Gasteiger partial charge in [-0.2, -0.15) is 0 Å². The minimum absolute atomic E-state index is 0.0272. The molecule has 106 valence electrons. The van der Waals surface area contributed by atoms with E-state index in [-0.39, 0.29) is 18.6 Å². The first kappa shape index (κ1) is 15.7. The molecular formula is C16H25NO2. The zero-order valence-electron chi connectivity index (χ0n) is 11.8. The van der Waals surface area contributed by atoms with Gasteiger partial charge in [-0.3, -0.25) is 4.79 Å². The molecule has 0 aliphatic heterocycles. The van der Waals surface area contributed by atoms with Gasteiger partial charge in [-0.15, -0.1) is 0 Å². The molecule has 0 heterocycles. The SMILES string of the molecule is CCCCCCCC(=O)N[C@@H](CO)c1ccccc1. The number of unbranched alkanes of at least 4 members (excludes halogenated alkanes) is 4. The molecule has 0 aliphatic rings. The number of hydrogen-bond donors (Lipinski definition) is 2. The predicted octanol–water partition coefficient (Wildman–Crippen LogP) is 3.20. The van der Waals surface area contributed by atoms with Gasteiger partial charge in [-0.25, -0.2) is 0 Å². The Labute approximate surface area is 116 Å². The van der Waals surface area contributed by atoms with Crippen LogP contribution < -0.4 is 5.32 Å². The van der Waals surface area contributed by atoms with Crippen LogP contribution in [0.4, 0.5) is 0 Å². The fourth-order valence-corrected chi connectivity index (χ4v) is 2.08. The van der Waals surface area contributed by atoms with Crippen molar-refractivity contribution in [3.63, 3.8) is 0 Å². The molecule has 1 atom stereocenters. The second kappa shape index (κ2) is 9.56. The van der Waals surface area contributed by atoms with Gasteiger partial charge >= 0.3 is 0 Å². The van der Waals surface area contributed by atoms with Crippen molar-refractivity contribution in [1.29, 1.82) is 0 Å². The Balaban J connectivity index is 2.30. The summed E-state index contributed by atoms with van der Waals surface area (Å²) in [5.41, 5.74) is 0.948. The molecule has 3 heteroatoms. The van der Waals surface area contributed by atoms with Gasteiger partial charge in [0.1, 0.15) is 0 Å². The summed E-state index contributed by atoms with van der Waals surface area (Å²) in [6, 6.07) is 9.30. The Morgan fingerprint density at radius 1 is 1.16 bits per heavy atom. The van der Waals surface area contributed by atoms with E-state index in [0.29, 0.717) is 6.42 Å². The largest absolute Gasteiger partial charge is 0.394 e. The van der Waals surface area contributed by atoms with Crippen LogP contribution in [0.5, 0.6) is 0 Å². The van der Waals surface area contributed by atoms with Crippen LogP contribution in [0.25, 0.3) is 0 Å². The third kappa shape index (κ3) is 6.39. The molecule has 0 bridgehead atoms. The highest BCUT2D eigenvalue weighted by molar-refractivity contribution is 5.76. The lowest BCUT2D eigenvalue weighted by Crippen LogP contribution is -2.30. The van der Waals surface area contributed by atoms with Gasteiger partial charge in [-0.1, -0.05) is 62.9 Å². The number of hydrogen-bond acceptors (Lipinski definition) is 2. The quantitative estimate of drug-likeness (QED) is 0.672. The van der Waals surface area contributed by atoms with Gasteiger partial charge in [-0.05, 0) is 12.0 Å². The van der Waals surface area contributed by atoms with Crippen molar-refractivity contribution in [3.05, 3.63) is 35.9 Å². The molecule has 0 aliphatic carbocycles. The number of carbonyl (C=O) groups is 1. The van der Waals surface area contributed by atoms with Crippen molar-refractivity contribution in [2.45, 2.75) is 51.5 Å². The topological polar surface area (TPSA) is 49.3 Å². The summed E-state index contributed by atoms with van der Waals surface area (Å²) >= 11 is 0. The molecule has 0 radical (unpaired) electrons. The van der Waals surface area contributed by atoms with E-state index >= 15 is 0 Å². The van der Waals surface area contributed by atoms with Gasteiger partial charge in [0.25, 0.3) is 0 Å². The molecule has 2 N–H and O–H groups in total. The van der Waals surface area contributed by atoms with Gasteiger partial charge in [0.05, 0.1) is 12.6 Å². The van der Waals surface area contributed by atoms with Crippen LogP contribution in [0.3, 0.4) is 0 Å². The number of aliphatic hydroxyl groups is 1. The lowest BCUT2D eigenvalue weighted by molar-refractivity contribution is -0.122. The minimum atomic E-state index is -0.288. The minimum Gasteiger partial charge on any atom is -0.394 e. The molecule has 1 aromatic carbocycles. The molecule has 3 nitrogen and oxygen atoms in total. The molecule has 0 fully saturated rings. The van der Waals surface area contributed by atoms with Crippen molar-refractivity contribution in [2.75, 3.05) is 6.61 Å². The van der Waals surface area contributed by atoms with Crippen molar-refractivity contribution in [1.82, 2.24) is 5.32 Å². The first-order valence-electron chi connectivity index (χ1n) is 7.23. The summed E-state index contributed by atoms with van der Waals surface area (Å²) in [5, 5.41) is 12.2. The molecule has 0 spiro atoms. The van der Waals surface area contributed by atoms with Crippen molar-refractivity contribution >= 4 is 5.91 Å². The van der Waals surface area contributed by atoms with Crippen LogP contribution in [0.2, 0.25) is 0 Å². The summed E-state index contributed by atoms with van der Waals surface area (Å²) < 4.78 is 0. The van der Waals surface area contributed by atoms with E-state index in [1.807, 2.05) is 30.3 Å². The number of benzene rings is 1. The number of aliphatic hydroxyl groups excluding tert-OH is 1. The van der Waals surface area contributed by atoms with Crippen LogP contribution in [-0.4, -0.2) is 17.6 Å². The standard InChI is InChI=1S/C16H25NO2/c1-2-3-4-5-9-12-16(19)17-15(13-18)14-10-7-6-8-11-14/h6-8,10-11,15,18H,2-5,9,12-13H2,1H3,(H,17,19)/t15-/m0/s1. The zero-order valence-corrected chi connectivity index (χ0v) is 11.8. The predicted molar refractivity (Wildman–Crippen MR) is 77.8 cm³/mol. The highest BCUT2D eigenvalue weighted by Crippen LogP contribution is 2.12. The maximum Gasteiger partial charge on any atom is 0.220 e. The van der Waals surface area contributed by atoms with E-state index in [4.69, 9.17) is 0 Å². The Bertz CT molecular complexity index is 351. The third-order valence-corrected chi connectivity index (χ3v) is 3.23. The maximum absolute atomic E-state index is 11.8. The smallest absolute Gasteiger partial charge is 0.220 e. The molecule has 0 aromatic heterocycles. The second-order valence-corrected chi connectivity index (χ2v) is 4.88. The first-order chi connectivity index (χ1) is 9.27. The Hall–Kier alpha value is -1.35. The zero-order chi connectivity index (χ0) is 13.9. The first-order valence-corrected chi connectivity index (χ1v) is 7.23. The number of nitrogens with one attached hydrogen (secondary N) is 1. The van der Waals surface area contributed by atoms with Gasteiger partial charge in [0.15, 0.2) is 0 Å². The van der Waals surface area contributed by atoms with Gasteiger partial charge in [0, 0.05) is 6.42 Å². The summed E-state index contributed by atoms with van der Waals surface area (Å²) in [6.07, 6.45) is 6.24. The lowest BCUT2D eigenvalue weighted by atomic mass is 10.1. The van der Waals surface area contributed by atoms with E-state index in [2.05, 4.69) is 12.2 Å². The van der Waals surface area contributed by atoms with Gasteiger partial charge < -0.3 is 10.4 Å². The summed E-state index contributed by atoms with van der Waals surface area (Å²) in [6.45, 7) is 2.12. The monoisotopic (exact) mass is 263 g/mol. The fraction of sp³-hybridized carbons (Fsp3) is 0.562. The van der Waals surface area contributed by atoms with Crippen LogP contribution in [0, 0.1) is 0 Å². The highest BCUT2D eigenvalue weighted by atomic mass is 16.3. The van der Waals surface area contributed by atoms with E-state index in [9.17, 15) is 9.90 Å². The van der Waals surface area contributed by atoms with Crippen molar-refractivity contribution in [2.24, 2.45) is 0 Å². The fourth-order valence-electron chi connectivity index (χ4n) is 2.08. The van der Waals surface area contributed by atoms with Crippen molar-refractivity contribution in [3.8, 4) is 0 Å². The normalized spacial score (nSPS) is 12.1. The second-order valence-electron chi connectivity index (χ2n) is 4.88. The molecule has 1 aromatic rings. The molecule has 0 unspecified atom stereocenters. The molecular weight excluding hydrogens is 238 g/mol. The lowest BCUT2D eigenvalue weighted by Gasteiger charge is -2.16. The van der Waals surface area contributed by atoms with E-state index < -0.39 is 0 Å². The summed E-state index contributed by atoms with van der Waals surface area (Å²) in [4.78, 5) is 11.8. The van der Waals surface area contributed by atoms with Crippen LogP contribution >= 0.6 is 0 Å². The number of carbonyl (C=O) groups excluding carboxylic acids is 1. The molecule has 1 amide bonds. The van der Waals surface area contributed by atoms with Crippen LogP contribution in [-0.2, 0) is 4.79 Å². The average molecular weight is 263 g/mol. The summed E-state index contributed by atoms with van der Waals surface area (Å²) in [7, 11) is 0. The Morgan fingerprint density at radius 2 is 1.84 bits per heavy atom. The molecule has 0 saturated carbocycles. The third-order valence-electron chi connectivity index (χ3n) is 3.23. The van der Waals surface area contributed by atoms with Crippen LogP contribution in [0.1, 0.15) is 57.1 Å². The Kier molecular flexibility index (Phi) is 7.91. The van der Waals surface area contributed by atoms with E-state index in [0.717, 1.165) is 18.4 Å². The van der Waals surface area contributed by atoms with Crippen LogP contribution in [0.15, 0.2) is 30.3 Å².